The molecule has 7 heteroatoms. The number of rotatable bonds is 5. The molecule has 1 aliphatic heterocycles. The lowest BCUT2D eigenvalue weighted by molar-refractivity contribution is -0.123. The summed E-state index contributed by atoms with van der Waals surface area (Å²) in [4.78, 5) is 25.7. The summed E-state index contributed by atoms with van der Waals surface area (Å²) < 4.78 is 24.2. The molecule has 1 aliphatic rings. The first kappa shape index (κ1) is 17.5. The number of nitrogens with zero attached hydrogens (tertiary/aromatic N) is 1. The average Bonchev–Trinajstić information content (AvgIpc) is 2.90. The molecule has 0 bridgehead atoms. The van der Waals surface area contributed by atoms with Gasteiger partial charge in [0.25, 0.3) is 5.91 Å². The third-order valence-corrected chi connectivity index (χ3v) is 3.99. The van der Waals surface area contributed by atoms with Crippen LogP contribution in [0.4, 0.5) is 9.18 Å². The quantitative estimate of drug-likeness (QED) is 0.661. The monoisotopic (exact) mass is 356 g/mol. The Kier molecular flexibility index (Phi) is 4.88. The van der Waals surface area contributed by atoms with Crippen molar-refractivity contribution in [3.63, 3.8) is 0 Å². The summed E-state index contributed by atoms with van der Waals surface area (Å²) in [7, 11) is 3.03. The topological polar surface area (TPSA) is 67.9 Å². The molecule has 0 atom stereocenters. The lowest BCUT2D eigenvalue weighted by Gasteiger charge is -2.12. The Morgan fingerprint density at radius 3 is 2.58 bits per heavy atom. The van der Waals surface area contributed by atoms with E-state index in [9.17, 15) is 14.0 Å². The van der Waals surface area contributed by atoms with Crippen LogP contribution in [0.1, 0.15) is 11.1 Å². The fraction of sp³-hybridized carbons (Fsp3) is 0.158. The summed E-state index contributed by atoms with van der Waals surface area (Å²) in [6.07, 6.45) is 1.50. The molecule has 3 rings (SSSR count). The van der Waals surface area contributed by atoms with E-state index in [1.807, 2.05) is 0 Å². The van der Waals surface area contributed by atoms with Crippen molar-refractivity contribution in [3.8, 4) is 11.5 Å². The Bertz CT molecular complexity index is 895. The molecule has 0 saturated carbocycles. The highest BCUT2D eigenvalue weighted by Crippen LogP contribution is 2.27. The van der Waals surface area contributed by atoms with Crippen LogP contribution in [0, 0.1) is 5.82 Å². The molecule has 1 heterocycles. The van der Waals surface area contributed by atoms with Crippen LogP contribution in [0.3, 0.4) is 0 Å². The number of imide groups is 1. The Morgan fingerprint density at radius 1 is 1.12 bits per heavy atom. The van der Waals surface area contributed by atoms with E-state index in [-0.39, 0.29) is 17.8 Å². The molecule has 0 aliphatic carbocycles. The number of hydrogen-bond donors (Lipinski definition) is 1. The predicted molar refractivity (Wildman–Crippen MR) is 93.0 cm³/mol. The van der Waals surface area contributed by atoms with Crippen LogP contribution in [-0.4, -0.2) is 31.1 Å². The second-order valence-corrected chi connectivity index (χ2v) is 5.58. The van der Waals surface area contributed by atoms with E-state index in [0.717, 1.165) is 4.90 Å². The summed E-state index contributed by atoms with van der Waals surface area (Å²) in [5.74, 6) is 0.0914. The zero-order valence-corrected chi connectivity index (χ0v) is 14.3. The third kappa shape index (κ3) is 3.37. The van der Waals surface area contributed by atoms with Gasteiger partial charge in [0.15, 0.2) is 0 Å². The van der Waals surface area contributed by atoms with Gasteiger partial charge < -0.3 is 14.8 Å². The molecule has 2 aromatic carbocycles. The van der Waals surface area contributed by atoms with Crippen molar-refractivity contribution >= 4 is 18.0 Å². The van der Waals surface area contributed by atoms with E-state index in [1.54, 1.807) is 30.3 Å². The van der Waals surface area contributed by atoms with Crippen LogP contribution in [-0.2, 0) is 11.3 Å². The standard InChI is InChI=1S/C19H17FN2O4/c1-25-14-7-8-17(26-2)13(9-14)10-16-18(23)22(19(24)21-16)11-12-5-3-4-6-15(12)20/h3-10H,11H2,1-2H3,(H,21,24)/b16-10-. The zero-order chi connectivity index (χ0) is 18.7. The van der Waals surface area contributed by atoms with Crippen molar-refractivity contribution in [3.05, 3.63) is 65.1 Å². The van der Waals surface area contributed by atoms with Gasteiger partial charge in [-0.3, -0.25) is 9.69 Å². The molecule has 3 amide bonds. The molecule has 1 N–H and O–H groups in total. The highest BCUT2D eigenvalue weighted by atomic mass is 19.1. The SMILES string of the molecule is COc1ccc(OC)c(/C=C2\NC(=O)N(Cc3ccccc3F)C2=O)c1. The summed E-state index contributed by atoms with van der Waals surface area (Å²) in [6.45, 7) is -0.149. The Hall–Kier alpha value is -3.35. The minimum Gasteiger partial charge on any atom is -0.497 e. The van der Waals surface area contributed by atoms with Crippen LogP contribution in [0.25, 0.3) is 6.08 Å². The Labute approximate surface area is 149 Å². The highest BCUT2D eigenvalue weighted by Gasteiger charge is 2.34. The number of ether oxygens (including phenoxy) is 2. The Balaban J connectivity index is 1.89. The number of methoxy groups -OCH3 is 2. The summed E-state index contributed by atoms with van der Waals surface area (Å²) in [5.41, 5.74) is 0.914. The van der Waals surface area contributed by atoms with Crippen molar-refractivity contribution in [1.29, 1.82) is 0 Å². The van der Waals surface area contributed by atoms with Crippen molar-refractivity contribution in [1.82, 2.24) is 10.2 Å². The van der Waals surface area contributed by atoms with E-state index in [2.05, 4.69) is 5.32 Å². The summed E-state index contributed by atoms with van der Waals surface area (Å²) in [6, 6.07) is 10.5. The van der Waals surface area contributed by atoms with Crippen molar-refractivity contribution in [2.45, 2.75) is 6.54 Å². The summed E-state index contributed by atoms with van der Waals surface area (Å²) >= 11 is 0. The largest absolute Gasteiger partial charge is 0.497 e. The molecular weight excluding hydrogens is 339 g/mol. The molecule has 6 nitrogen and oxygen atoms in total. The number of carbonyl (C=O) groups is 2. The molecule has 0 radical (unpaired) electrons. The first-order valence-corrected chi connectivity index (χ1v) is 7.83. The molecule has 0 unspecified atom stereocenters. The predicted octanol–water partition coefficient (Wildman–Crippen LogP) is 2.94. The number of urea groups is 1. The molecule has 2 aromatic rings. The first-order valence-electron chi connectivity index (χ1n) is 7.83. The maximum absolute atomic E-state index is 13.8. The molecule has 134 valence electrons. The van der Waals surface area contributed by atoms with Crippen molar-refractivity contribution < 1.29 is 23.5 Å². The lowest BCUT2D eigenvalue weighted by atomic mass is 10.1. The Morgan fingerprint density at radius 2 is 1.88 bits per heavy atom. The van der Waals surface area contributed by atoms with Gasteiger partial charge in [0.05, 0.1) is 20.8 Å². The van der Waals surface area contributed by atoms with E-state index in [0.29, 0.717) is 17.1 Å². The molecule has 1 fully saturated rings. The van der Waals surface area contributed by atoms with Crippen LogP contribution in [0.2, 0.25) is 0 Å². The zero-order valence-electron chi connectivity index (χ0n) is 14.3. The molecule has 0 spiro atoms. The maximum Gasteiger partial charge on any atom is 0.329 e. The maximum atomic E-state index is 13.8. The van der Waals surface area contributed by atoms with Crippen LogP contribution < -0.4 is 14.8 Å². The summed E-state index contributed by atoms with van der Waals surface area (Å²) in [5, 5.41) is 2.51. The number of amides is 3. The van der Waals surface area contributed by atoms with Gasteiger partial charge in [0.2, 0.25) is 0 Å². The van der Waals surface area contributed by atoms with E-state index in [1.165, 1.54) is 32.4 Å². The van der Waals surface area contributed by atoms with Crippen molar-refractivity contribution in [2.75, 3.05) is 14.2 Å². The number of carbonyl (C=O) groups excluding carboxylic acids is 2. The average molecular weight is 356 g/mol. The van der Waals surface area contributed by atoms with E-state index >= 15 is 0 Å². The fourth-order valence-corrected chi connectivity index (χ4v) is 2.62. The van der Waals surface area contributed by atoms with Gasteiger partial charge in [-0.2, -0.15) is 0 Å². The smallest absolute Gasteiger partial charge is 0.329 e. The second kappa shape index (κ2) is 7.26. The van der Waals surface area contributed by atoms with Gasteiger partial charge in [0, 0.05) is 11.1 Å². The lowest BCUT2D eigenvalue weighted by Crippen LogP contribution is -2.30. The first-order chi connectivity index (χ1) is 12.5. The van der Waals surface area contributed by atoms with Gasteiger partial charge in [0.1, 0.15) is 23.0 Å². The highest BCUT2D eigenvalue weighted by molar-refractivity contribution is 6.14. The van der Waals surface area contributed by atoms with Crippen LogP contribution >= 0.6 is 0 Å². The van der Waals surface area contributed by atoms with Gasteiger partial charge in [-0.15, -0.1) is 0 Å². The van der Waals surface area contributed by atoms with Gasteiger partial charge >= 0.3 is 6.03 Å². The molecule has 1 saturated heterocycles. The minimum absolute atomic E-state index is 0.0814. The normalized spacial score (nSPS) is 15.3. The number of nitrogens with one attached hydrogen (secondary N) is 1. The molecule has 0 aromatic heterocycles. The fourth-order valence-electron chi connectivity index (χ4n) is 2.62. The van der Waals surface area contributed by atoms with Gasteiger partial charge in [-0.1, -0.05) is 18.2 Å². The third-order valence-electron chi connectivity index (χ3n) is 3.99. The van der Waals surface area contributed by atoms with E-state index in [4.69, 9.17) is 9.47 Å². The number of halogens is 1. The van der Waals surface area contributed by atoms with Crippen LogP contribution in [0.5, 0.6) is 11.5 Å². The minimum atomic E-state index is -0.605. The van der Waals surface area contributed by atoms with Crippen molar-refractivity contribution in [2.24, 2.45) is 0 Å². The van der Waals surface area contributed by atoms with Gasteiger partial charge in [-0.05, 0) is 30.3 Å². The molecule has 26 heavy (non-hydrogen) atoms. The number of hydrogen-bond acceptors (Lipinski definition) is 4. The molecular formula is C19H17FN2O4. The van der Waals surface area contributed by atoms with E-state index < -0.39 is 17.8 Å². The number of benzene rings is 2. The van der Waals surface area contributed by atoms with Crippen LogP contribution in [0.15, 0.2) is 48.2 Å². The van der Waals surface area contributed by atoms with Gasteiger partial charge in [-0.25, -0.2) is 9.18 Å². The second-order valence-electron chi connectivity index (χ2n) is 5.58.